The first-order chi connectivity index (χ1) is 9.20. The van der Waals surface area contributed by atoms with Crippen LogP contribution in [-0.4, -0.2) is 29.3 Å². The summed E-state index contributed by atoms with van der Waals surface area (Å²) in [5, 5.41) is 9.93. The Morgan fingerprint density at radius 3 is 2.68 bits per heavy atom. The first kappa shape index (κ1) is 13.3. The number of carbonyl (C=O) groups excluding carboxylic acids is 1. The van der Waals surface area contributed by atoms with Crippen LogP contribution in [0.1, 0.15) is 18.5 Å². The zero-order chi connectivity index (χ0) is 13.7. The summed E-state index contributed by atoms with van der Waals surface area (Å²) in [5.74, 6) is -0.00819. The van der Waals surface area contributed by atoms with Gasteiger partial charge in [-0.1, -0.05) is 12.1 Å². The summed E-state index contributed by atoms with van der Waals surface area (Å²) in [7, 11) is 1.75. The van der Waals surface area contributed by atoms with E-state index in [9.17, 15) is 4.79 Å². The van der Waals surface area contributed by atoms with Gasteiger partial charge < -0.3 is 10.6 Å². The zero-order valence-corrected chi connectivity index (χ0v) is 11.1. The van der Waals surface area contributed by atoms with Crippen LogP contribution >= 0.6 is 0 Å². The molecule has 0 aliphatic rings. The number of aromatic nitrogens is 2. The van der Waals surface area contributed by atoms with Crippen molar-refractivity contribution in [2.45, 2.75) is 13.0 Å². The van der Waals surface area contributed by atoms with E-state index >= 15 is 0 Å². The lowest BCUT2D eigenvalue weighted by Crippen LogP contribution is -2.33. The van der Waals surface area contributed by atoms with Gasteiger partial charge in [-0.3, -0.25) is 4.79 Å². The minimum absolute atomic E-state index is 0.00692. The SMILES string of the molecule is CNCC(=O)NC(C)c1ccc(-n2cccn2)cc1. The molecule has 1 atom stereocenters. The highest BCUT2D eigenvalue weighted by Crippen LogP contribution is 2.15. The molecule has 0 aliphatic carbocycles. The van der Waals surface area contributed by atoms with Gasteiger partial charge in [0.1, 0.15) is 0 Å². The molecule has 1 aromatic heterocycles. The van der Waals surface area contributed by atoms with E-state index in [-0.39, 0.29) is 11.9 Å². The second kappa shape index (κ2) is 6.15. The first-order valence-corrected chi connectivity index (χ1v) is 6.24. The van der Waals surface area contributed by atoms with Crippen LogP contribution in [0.15, 0.2) is 42.7 Å². The molecular formula is C14H18N4O. The molecule has 19 heavy (non-hydrogen) atoms. The van der Waals surface area contributed by atoms with Crippen LogP contribution in [0, 0.1) is 0 Å². The Balaban J connectivity index is 2.04. The van der Waals surface area contributed by atoms with Gasteiger partial charge in [0.05, 0.1) is 18.3 Å². The molecule has 0 aliphatic heterocycles. The Labute approximate surface area is 112 Å². The van der Waals surface area contributed by atoms with Gasteiger partial charge in [-0.15, -0.1) is 0 Å². The van der Waals surface area contributed by atoms with Crippen molar-refractivity contribution in [3.8, 4) is 5.69 Å². The normalized spacial score (nSPS) is 12.1. The molecule has 0 saturated carbocycles. The summed E-state index contributed by atoms with van der Waals surface area (Å²) in [6.45, 7) is 2.30. The number of likely N-dealkylation sites (N-methyl/N-ethyl adjacent to an activating group) is 1. The Hall–Kier alpha value is -2.14. The van der Waals surface area contributed by atoms with Crippen molar-refractivity contribution in [2.75, 3.05) is 13.6 Å². The van der Waals surface area contributed by atoms with Crippen LogP contribution in [0.2, 0.25) is 0 Å². The average Bonchev–Trinajstić information content (AvgIpc) is 2.93. The molecule has 0 radical (unpaired) electrons. The molecule has 1 aromatic carbocycles. The molecule has 1 amide bonds. The number of nitrogens with one attached hydrogen (secondary N) is 2. The van der Waals surface area contributed by atoms with Gasteiger partial charge in [0.25, 0.3) is 0 Å². The largest absolute Gasteiger partial charge is 0.348 e. The van der Waals surface area contributed by atoms with E-state index in [4.69, 9.17) is 0 Å². The first-order valence-electron chi connectivity index (χ1n) is 6.24. The van der Waals surface area contributed by atoms with E-state index in [1.165, 1.54) is 0 Å². The number of rotatable bonds is 5. The highest BCUT2D eigenvalue weighted by atomic mass is 16.1. The van der Waals surface area contributed by atoms with E-state index < -0.39 is 0 Å². The van der Waals surface area contributed by atoms with Crippen molar-refractivity contribution < 1.29 is 4.79 Å². The Morgan fingerprint density at radius 1 is 1.37 bits per heavy atom. The van der Waals surface area contributed by atoms with Crippen molar-refractivity contribution in [3.63, 3.8) is 0 Å². The van der Waals surface area contributed by atoms with Crippen LogP contribution in [-0.2, 0) is 4.79 Å². The molecule has 5 nitrogen and oxygen atoms in total. The minimum atomic E-state index is -0.00819. The second-order valence-corrected chi connectivity index (χ2v) is 4.36. The van der Waals surface area contributed by atoms with E-state index in [0.717, 1.165) is 11.3 Å². The lowest BCUT2D eigenvalue weighted by atomic mass is 10.1. The number of carbonyl (C=O) groups is 1. The van der Waals surface area contributed by atoms with Gasteiger partial charge in [-0.2, -0.15) is 5.10 Å². The van der Waals surface area contributed by atoms with E-state index in [2.05, 4.69) is 15.7 Å². The molecule has 2 rings (SSSR count). The average molecular weight is 258 g/mol. The summed E-state index contributed by atoms with van der Waals surface area (Å²) in [6, 6.07) is 9.86. The summed E-state index contributed by atoms with van der Waals surface area (Å²) >= 11 is 0. The van der Waals surface area contributed by atoms with Gasteiger partial charge in [-0.05, 0) is 37.7 Å². The fraction of sp³-hybridized carbons (Fsp3) is 0.286. The molecule has 100 valence electrons. The maximum atomic E-state index is 11.5. The monoisotopic (exact) mass is 258 g/mol. The molecule has 5 heteroatoms. The van der Waals surface area contributed by atoms with Crippen LogP contribution in [0.25, 0.3) is 5.69 Å². The highest BCUT2D eigenvalue weighted by Gasteiger charge is 2.08. The molecule has 1 heterocycles. The van der Waals surface area contributed by atoms with Crippen LogP contribution in [0.5, 0.6) is 0 Å². The van der Waals surface area contributed by atoms with Crippen molar-refractivity contribution in [1.29, 1.82) is 0 Å². The van der Waals surface area contributed by atoms with Gasteiger partial charge >= 0.3 is 0 Å². The van der Waals surface area contributed by atoms with Crippen molar-refractivity contribution in [2.24, 2.45) is 0 Å². The van der Waals surface area contributed by atoms with Gasteiger partial charge in [0.2, 0.25) is 5.91 Å². The topological polar surface area (TPSA) is 59.0 Å². The number of nitrogens with zero attached hydrogens (tertiary/aromatic N) is 2. The molecule has 0 fully saturated rings. The Morgan fingerprint density at radius 2 is 2.11 bits per heavy atom. The highest BCUT2D eigenvalue weighted by molar-refractivity contribution is 5.78. The second-order valence-electron chi connectivity index (χ2n) is 4.36. The molecular weight excluding hydrogens is 240 g/mol. The van der Waals surface area contributed by atoms with Crippen molar-refractivity contribution in [1.82, 2.24) is 20.4 Å². The van der Waals surface area contributed by atoms with Crippen molar-refractivity contribution in [3.05, 3.63) is 48.3 Å². The fourth-order valence-electron chi connectivity index (χ4n) is 1.87. The van der Waals surface area contributed by atoms with E-state index in [1.54, 1.807) is 17.9 Å². The maximum absolute atomic E-state index is 11.5. The molecule has 1 unspecified atom stereocenters. The lowest BCUT2D eigenvalue weighted by Gasteiger charge is -2.14. The zero-order valence-electron chi connectivity index (χ0n) is 11.1. The fourth-order valence-corrected chi connectivity index (χ4v) is 1.87. The predicted octanol–water partition coefficient (Wildman–Crippen LogP) is 1.27. The standard InChI is InChI=1S/C14H18N4O/c1-11(17-14(19)10-15-2)12-4-6-13(7-5-12)18-9-3-8-16-18/h3-9,11,15H,10H2,1-2H3,(H,17,19). The van der Waals surface area contributed by atoms with Crippen LogP contribution in [0.4, 0.5) is 0 Å². The summed E-state index contributed by atoms with van der Waals surface area (Å²) in [6.07, 6.45) is 3.64. The van der Waals surface area contributed by atoms with Crippen molar-refractivity contribution >= 4 is 5.91 Å². The third-order valence-corrected chi connectivity index (χ3v) is 2.88. The molecule has 0 saturated heterocycles. The number of amides is 1. The third-order valence-electron chi connectivity index (χ3n) is 2.88. The molecule has 2 N–H and O–H groups in total. The smallest absolute Gasteiger partial charge is 0.234 e. The summed E-state index contributed by atoms with van der Waals surface area (Å²) < 4.78 is 1.80. The van der Waals surface area contributed by atoms with E-state index in [0.29, 0.717) is 6.54 Å². The third kappa shape index (κ3) is 3.42. The molecule has 2 aromatic rings. The van der Waals surface area contributed by atoms with Crippen LogP contribution < -0.4 is 10.6 Å². The van der Waals surface area contributed by atoms with Crippen LogP contribution in [0.3, 0.4) is 0 Å². The molecule has 0 bridgehead atoms. The predicted molar refractivity (Wildman–Crippen MR) is 74.0 cm³/mol. The van der Waals surface area contributed by atoms with Gasteiger partial charge in [0.15, 0.2) is 0 Å². The maximum Gasteiger partial charge on any atom is 0.234 e. The molecule has 0 spiro atoms. The number of hydrogen-bond donors (Lipinski definition) is 2. The van der Waals surface area contributed by atoms with E-state index in [1.807, 2.05) is 43.5 Å². The quantitative estimate of drug-likeness (QED) is 0.849. The lowest BCUT2D eigenvalue weighted by molar-refractivity contribution is -0.120. The number of hydrogen-bond acceptors (Lipinski definition) is 3. The number of benzene rings is 1. The Kier molecular flexibility index (Phi) is 4.30. The summed E-state index contributed by atoms with van der Waals surface area (Å²) in [5.41, 5.74) is 2.07. The summed E-state index contributed by atoms with van der Waals surface area (Å²) in [4.78, 5) is 11.5. The Bertz CT molecular complexity index is 519. The van der Waals surface area contributed by atoms with Gasteiger partial charge in [0, 0.05) is 12.4 Å². The van der Waals surface area contributed by atoms with Gasteiger partial charge in [-0.25, -0.2) is 4.68 Å². The minimum Gasteiger partial charge on any atom is -0.348 e.